The summed E-state index contributed by atoms with van der Waals surface area (Å²) in [5, 5.41) is 5.32. The average molecular weight is 219 g/mol. The summed E-state index contributed by atoms with van der Waals surface area (Å²) in [7, 11) is 0. The number of aromatic nitrogens is 2. The van der Waals surface area contributed by atoms with Gasteiger partial charge in [-0.05, 0) is 25.3 Å². The van der Waals surface area contributed by atoms with Crippen molar-refractivity contribution in [3.05, 3.63) is 40.0 Å². The summed E-state index contributed by atoms with van der Waals surface area (Å²) in [6.45, 7) is 4.75. The molecule has 0 saturated heterocycles. The van der Waals surface area contributed by atoms with Crippen molar-refractivity contribution in [2.45, 2.75) is 20.4 Å². The van der Waals surface area contributed by atoms with E-state index in [1.165, 1.54) is 4.88 Å². The summed E-state index contributed by atoms with van der Waals surface area (Å²) in [5.74, 6) is 0.839. The van der Waals surface area contributed by atoms with Crippen molar-refractivity contribution in [1.29, 1.82) is 0 Å². The fraction of sp³-hybridized carbons (Fsp3) is 0.273. The van der Waals surface area contributed by atoms with Crippen LogP contribution in [0.1, 0.15) is 16.3 Å². The Morgan fingerprint density at radius 3 is 2.87 bits per heavy atom. The van der Waals surface area contributed by atoms with E-state index >= 15 is 0 Å². The zero-order chi connectivity index (χ0) is 10.7. The van der Waals surface area contributed by atoms with Crippen LogP contribution in [0, 0.1) is 13.8 Å². The molecule has 0 amide bonds. The summed E-state index contributed by atoms with van der Waals surface area (Å²) in [6.07, 6.45) is 1.77. The lowest BCUT2D eigenvalue weighted by Crippen LogP contribution is -2.02. The first-order valence-corrected chi connectivity index (χ1v) is 5.70. The molecular weight excluding hydrogens is 206 g/mol. The number of nitrogens with one attached hydrogen (secondary N) is 1. The maximum atomic E-state index is 4.40. The summed E-state index contributed by atoms with van der Waals surface area (Å²) >= 11 is 1.74. The van der Waals surface area contributed by atoms with E-state index in [9.17, 15) is 0 Å². The largest absolute Gasteiger partial charge is 0.364 e. The second kappa shape index (κ2) is 4.40. The molecule has 0 aromatic carbocycles. The summed E-state index contributed by atoms with van der Waals surface area (Å²) < 4.78 is 0. The summed E-state index contributed by atoms with van der Waals surface area (Å²) in [4.78, 5) is 9.96. The molecule has 4 heteroatoms. The molecule has 0 unspecified atom stereocenters. The van der Waals surface area contributed by atoms with Crippen molar-refractivity contribution in [3.63, 3.8) is 0 Å². The van der Waals surface area contributed by atoms with E-state index in [-0.39, 0.29) is 0 Å². The van der Waals surface area contributed by atoms with Gasteiger partial charge in [-0.15, -0.1) is 11.3 Å². The van der Waals surface area contributed by atoms with Crippen LogP contribution in [0.5, 0.6) is 0 Å². The van der Waals surface area contributed by atoms with Crippen LogP contribution in [0.3, 0.4) is 0 Å². The van der Waals surface area contributed by atoms with Gasteiger partial charge < -0.3 is 5.32 Å². The van der Waals surface area contributed by atoms with Gasteiger partial charge in [-0.2, -0.15) is 0 Å². The Bertz CT molecular complexity index is 437. The first kappa shape index (κ1) is 10.1. The molecule has 78 valence electrons. The highest BCUT2D eigenvalue weighted by atomic mass is 32.1. The third-order valence-corrected chi connectivity index (χ3v) is 3.09. The highest BCUT2D eigenvalue weighted by Gasteiger charge is 1.99. The topological polar surface area (TPSA) is 37.8 Å². The average Bonchev–Trinajstić information content (AvgIpc) is 2.73. The van der Waals surface area contributed by atoms with E-state index in [4.69, 9.17) is 0 Å². The van der Waals surface area contributed by atoms with Gasteiger partial charge in [0.25, 0.3) is 0 Å². The van der Waals surface area contributed by atoms with Gasteiger partial charge in [-0.3, -0.25) is 4.98 Å². The van der Waals surface area contributed by atoms with Gasteiger partial charge in [0.15, 0.2) is 0 Å². The predicted octanol–water partition coefficient (Wildman–Crippen LogP) is 2.77. The molecule has 2 aromatic heterocycles. The third kappa shape index (κ3) is 2.53. The van der Waals surface area contributed by atoms with Crippen LogP contribution >= 0.6 is 11.3 Å². The molecule has 0 atom stereocenters. The minimum atomic E-state index is 0.814. The van der Waals surface area contributed by atoms with Crippen molar-refractivity contribution >= 4 is 17.2 Å². The van der Waals surface area contributed by atoms with Crippen LogP contribution in [0.25, 0.3) is 0 Å². The number of anilines is 1. The molecule has 0 aliphatic rings. The fourth-order valence-corrected chi connectivity index (χ4v) is 1.86. The van der Waals surface area contributed by atoms with E-state index in [1.54, 1.807) is 17.5 Å². The van der Waals surface area contributed by atoms with Gasteiger partial charge in [0.05, 0.1) is 24.1 Å². The second-order valence-electron chi connectivity index (χ2n) is 3.36. The van der Waals surface area contributed by atoms with E-state index in [0.717, 1.165) is 23.8 Å². The lowest BCUT2D eigenvalue weighted by Gasteiger charge is -2.05. The van der Waals surface area contributed by atoms with Crippen molar-refractivity contribution in [2.75, 3.05) is 5.32 Å². The molecule has 2 heterocycles. The molecule has 2 aromatic rings. The Morgan fingerprint density at radius 2 is 2.20 bits per heavy atom. The number of rotatable bonds is 3. The molecule has 0 bridgehead atoms. The molecule has 0 fully saturated rings. The monoisotopic (exact) mass is 219 g/mol. The van der Waals surface area contributed by atoms with E-state index in [0.29, 0.717) is 0 Å². The quantitative estimate of drug-likeness (QED) is 0.862. The van der Waals surface area contributed by atoms with Gasteiger partial charge in [-0.1, -0.05) is 6.07 Å². The molecule has 0 aliphatic heterocycles. The van der Waals surface area contributed by atoms with Crippen LogP contribution in [-0.4, -0.2) is 9.97 Å². The van der Waals surface area contributed by atoms with E-state index < -0.39 is 0 Å². The maximum absolute atomic E-state index is 4.40. The van der Waals surface area contributed by atoms with Gasteiger partial charge >= 0.3 is 0 Å². The summed E-state index contributed by atoms with van der Waals surface area (Å²) in [6, 6.07) is 4.15. The number of hydrogen-bond donors (Lipinski definition) is 1. The van der Waals surface area contributed by atoms with Gasteiger partial charge in [0.2, 0.25) is 0 Å². The molecule has 0 saturated carbocycles. The smallest absolute Gasteiger partial charge is 0.145 e. The van der Waals surface area contributed by atoms with Crippen LogP contribution in [0.15, 0.2) is 23.7 Å². The SMILES string of the molecule is Cc1ncc(NCc2cccs2)nc1C. The molecule has 2 rings (SSSR count). The minimum Gasteiger partial charge on any atom is -0.364 e. The Labute approximate surface area is 93.2 Å². The Hall–Kier alpha value is -1.42. The number of hydrogen-bond acceptors (Lipinski definition) is 4. The Morgan fingerprint density at radius 1 is 1.33 bits per heavy atom. The van der Waals surface area contributed by atoms with Crippen LogP contribution in [0.4, 0.5) is 5.82 Å². The van der Waals surface area contributed by atoms with E-state index in [2.05, 4.69) is 26.7 Å². The maximum Gasteiger partial charge on any atom is 0.145 e. The molecule has 0 spiro atoms. The van der Waals surface area contributed by atoms with Gasteiger partial charge in [0, 0.05) is 4.88 Å². The normalized spacial score (nSPS) is 10.3. The van der Waals surface area contributed by atoms with Crippen molar-refractivity contribution in [3.8, 4) is 0 Å². The van der Waals surface area contributed by atoms with E-state index in [1.807, 2.05) is 19.9 Å². The highest BCUT2D eigenvalue weighted by Crippen LogP contribution is 2.11. The highest BCUT2D eigenvalue weighted by molar-refractivity contribution is 7.09. The third-order valence-electron chi connectivity index (χ3n) is 2.22. The molecule has 1 N–H and O–H groups in total. The Kier molecular flexibility index (Phi) is 2.97. The number of thiophene rings is 1. The second-order valence-corrected chi connectivity index (χ2v) is 4.39. The zero-order valence-electron chi connectivity index (χ0n) is 8.82. The first-order chi connectivity index (χ1) is 7.25. The molecule has 0 radical (unpaired) electrons. The standard InChI is InChI=1S/C11H13N3S/c1-8-9(2)14-11(7-12-8)13-6-10-4-3-5-15-10/h3-5,7H,6H2,1-2H3,(H,13,14). The van der Waals surface area contributed by atoms with Crippen LogP contribution in [-0.2, 0) is 6.54 Å². The van der Waals surface area contributed by atoms with Gasteiger partial charge in [0.1, 0.15) is 5.82 Å². The van der Waals surface area contributed by atoms with Crippen molar-refractivity contribution in [2.24, 2.45) is 0 Å². The fourth-order valence-electron chi connectivity index (χ4n) is 1.22. The molecule has 0 aliphatic carbocycles. The molecule has 15 heavy (non-hydrogen) atoms. The summed E-state index contributed by atoms with van der Waals surface area (Å²) in [5.41, 5.74) is 1.96. The zero-order valence-corrected chi connectivity index (χ0v) is 9.64. The molecule has 3 nitrogen and oxygen atoms in total. The van der Waals surface area contributed by atoms with Gasteiger partial charge in [-0.25, -0.2) is 4.98 Å². The van der Waals surface area contributed by atoms with Crippen LogP contribution < -0.4 is 5.32 Å². The number of nitrogens with zero attached hydrogens (tertiary/aromatic N) is 2. The lowest BCUT2D eigenvalue weighted by molar-refractivity contribution is 1.02. The minimum absolute atomic E-state index is 0.814. The Balaban J connectivity index is 2.02. The first-order valence-electron chi connectivity index (χ1n) is 4.82. The van der Waals surface area contributed by atoms with Crippen LogP contribution in [0.2, 0.25) is 0 Å². The number of aryl methyl sites for hydroxylation is 2. The predicted molar refractivity (Wildman–Crippen MR) is 63.2 cm³/mol. The van der Waals surface area contributed by atoms with Crippen molar-refractivity contribution in [1.82, 2.24) is 9.97 Å². The molecular formula is C11H13N3S. The lowest BCUT2D eigenvalue weighted by atomic mass is 10.3. The van der Waals surface area contributed by atoms with Crippen molar-refractivity contribution < 1.29 is 0 Å².